The quantitative estimate of drug-likeness (QED) is 0.858. The summed E-state index contributed by atoms with van der Waals surface area (Å²) in [4.78, 5) is 14.6. The smallest absolute Gasteiger partial charge is 0.254 e. The monoisotopic (exact) mass is 323 g/mol. The van der Waals surface area contributed by atoms with E-state index in [1.165, 1.54) is 19.3 Å². The second-order valence-electron chi connectivity index (χ2n) is 5.57. The molecule has 4 heteroatoms. The van der Waals surface area contributed by atoms with Crippen molar-refractivity contribution in [2.24, 2.45) is 5.92 Å². The van der Waals surface area contributed by atoms with Crippen LogP contribution in [0.4, 0.5) is 0 Å². The maximum atomic E-state index is 12.6. The number of piperidine rings is 1. The number of carbonyl (C=O) groups is 1. The zero-order chi connectivity index (χ0) is 13.4. The lowest BCUT2D eigenvalue weighted by molar-refractivity contribution is 0.0548. The van der Waals surface area contributed by atoms with Gasteiger partial charge in [0, 0.05) is 18.2 Å². The van der Waals surface area contributed by atoms with Gasteiger partial charge in [0.1, 0.15) is 5.75 Å². The summed E-state index contributed by atoms with van der Waals surface area (Å²) in [6.45, 7) is 0.858. The van der Waals surface area contributed by atoms with Crippen LogP contribution in [0.3, 0.4) is 0 Å². The second-order valence-corrected chi connectivity index (χ2v) is 6.42. The molecule has 19 heavy (non-hydrogen) atoms. The van der Waals surface area contributed by atoms with Crippen molar-refractivity contribution in [1.82, 2.24) is 4.90 Å². The number of nitrogens with zero attached hydrogens (tertiary/aromatic N) is 1. The Balaban J connectivity index is 1.84. The molecule has 2 atom stereocenters. The van der Waals surface area contributed by atoms with Gasteiger partial charge in [0.05, 0.1) is 4.47 Å². The summed E-state index contributed by atoms with van der Waals surface area (Å²) in [6, 6.07) is 5.50. The minimum atomic E-state index is 0.0689. The number of hydrogen-bond acceptors (Lipinski definition) is 2. The molecule has 3 nitrogen and oxygen atoms in total. The van der Waals surface area contributed by atoms with Crippen LogP contribution in [-0.4, -0.2) is 28.5 Å². The molecule has 3 rings (SSSR count). The minimum absolute atomic E-state index is 0.0689. The number of fused-ring (bicyclic) bond motifs is 1. The highest BCUT2D eigenvalue weighted by molar-refractivity contribution is 9.10. The molecule has 1 saturated heterocycles. The van der Waals surface area contributed by atoms with Crippen LogP contribution < -0.4 is 0 Å². The normalized spacial score (nSPS) is 26.3. The van der Waals surface area contributed by atoms with Gasteiger partial charge in [0.15, 0.2) is 0 Å². The molecule has 1 aromatic rings. The van der Waals surface area contributed by atoms with E-state index in [1.807, 2.05) is 4.90 Å². The third-order valence-corrected chi connectivity index (χ3v) is 5.12. The summed E-state index contributed by atoms with van der Waals surface area (Å²) >= 11 is 3.24. The molecule has 1 aliphatic heterocycles. The Bertz CT molecular complexity index is 503. The first-order valence-electron chi connectivity index (χ1n) is 6.96. The van der Waals surface area contributed by atoms with Crippen molar-refractivity contribution in [2.75, 3.05) is 6.54 Å². The Morgan fingerprint density at radius 2 is 2.05 bits per heavy atom. The van der Waals surface area contributed by atoms with Crippen LogP contribution in [0.25, 0.3) is 0 Å². The van der Waals surface area contributed by atoms with Crippen LogP contribution >= 0.6 is 15.9 Å². The van der Waals surface area contributed by atoms with E-state index in [4.69, 9.17) is 0 Å². The second kappa shape index (κ2) is 5.16. The van der Waals surface area contributed by atoms with E-state index in [0.29, 0.717) is 22.0 Å². The van der Waals surface area contributed by atoms with Gasteiger partial charge in [-0.05, 0) is 65.7 Å². The van der Waals surface area contributed by atoms with E-state index < -0.39 is 0 Å². The van der Waals surface area contributed by atoms with Gasteiger partial charge in [-0.25, -0.2) is 0 Å². The highest BCUT2D eigenvalue weighted by atomic mass is 79.9. The predicted octanol–water partition coefficient (Wildman–Crippen LogP) is 3.56. The zero-order valence-electron chi connectivity index (χ0n) is 10.8. The van der Waals surface area contributed by atoms with Gasteiger partial charge in [-0.2, -0.15) is 0 Å². The highest BCUT2D eigenvalue weighted by Gasteiger charge is 2.37. The highest BCUT2D eigenvalue weighted by Crippen LogP contribution is 2.37. The van der Waals surface area contributed by atoms with E-state index in [2.05, 4.69) is 15.9 Å². The summed E-state index contributed by atoms with van der Waals surface area (Å²) in [5.74, 6) is 0.895. The third kappa shape index (κ3) is 2.38. The van der Waals surface area contributed by atoms with Crippen molar-refractivity contribution >= 4 is 21.8 Å². The standard InChI is InChI=1S/C15H18BrNO2/c16-12-7-6-11(9-14(12)18)15(19)17-8-2-4-10-3-1-5-13(10)17/h6-7,9-10,13,18H,1-5,8H2. The predicted molar refractivity (Wildman–Crippen MR) is 77.2 cm³/mol. The molecule has 0 spiro atoms. The lowest BCUT2D eigenvalue weighted by atomic mass is 9.91. The van der Waals surface area contributed by atoms with E-state index in [-0.39, 0.29) is 11.7 Å². The van der Waals surface area contributed by atoms with Crippen molar-refractivity contribution in [3.63, 3.8) is 0 Å². The summed E-state index contributed by atoms with van der Waals surface area (Å²) < 4.78 is 0.626. The fourth-order valence-corrected chi connectivity index (χ4v) is 3.76. The van der Waals surface area contributed by atoms with Crippen molar-refractivity contribution in [3.05, 3.63) is 28.2 Å². The molecule has 1 amide bonds. The molecule has 0 bridgehead atoms. The molecule has 102 valence electrons. The lowest BCUT2D eigenvalue weighted by Gasteiger charge is -2.37. The lowest BCUT2D eigenvalue weighted by Crippen LogP contribution is -2.46. The molecule has 1 saturated carbocycles. The summed E-state index contributed by atoms with van der Waals surface area (Å²) in [6.07, 6.45) is 6.01. The summed E-state index contributed by atoms with van der Waals surface area (Å²) in [5.41, 5.74) is 0.591. The minimum Gasteiger partial charge on any atom is -0.507 e. The molecule has 1 aliphatic carbocycles. The maximum absolute atomic E-state index is 12.6. The molecule has 2 fully saturated rings. The van der Waals surface area contributed by atoms with E-state index in [9.17, 15) is 9.90 Å². The number of carbonyl (C=O) groups excluding carboxylic acids is 1. The molecule has 0 radical (unpaired) electrons. The van der Waals surface area contributed by atoms with Crippen LogP contribution in [0.2, 0.25) is 0 Å². The SMILES string of the molecule is O=C(c1ccc(Br)c(O)c1)N1CCCC2CCCC21. The number of phenols is 1. The van der Waals surface area contributed by atoms with Gasteiger partial charge >= 0.3 is 0 Å². The van der Waals surface area contributed by atoms with Crippen LogP contribution in [0.1, 0.15) is 42.5 Å². The average molecular weight is 324 g/mol. The number of benzene rings is 1. The topological polar surface area (TPSA) is 40.5 Å². The number of amides is 1. The molecule has 2 unspecified atom stereocenters. The Labute approximate surface area is 121 Å². The fourth-order valence-electron chi connectivity index (χ4n) is 3.52. The maximum Gasteiger partial charge on any atom is 0.254 e. The molecule has 1 aromatic carbocycles. The Morgan fingerprint density at radius 1 is 1.26 bits per heavy atom. The third-order valence-electron chi connectivity index (χ3n) is 4.45. The number of hydrogen-bond donors (Lipinski definition) is 1. The van der Waals surface area contributed by atoms with Crippen LogP contribution in [-0.2, 0) is 0 Å². The average Bonchev–Trinajstić information content (AvgIpc) is 2.89. The zero-order valence-corrected chi connectivity index (χ0v) is 12.4. The van der Waals surface area contributed by atoms with Gasteiger partial charge in [0.2, 0.25) is 0 Å². The van der Waals surface area contributed by atoms with Gasteiger partial charge in [-0.1, -0.05) is 6.42 Å². The van der Waals surface area contributed by atoms with Crippen molar-refractivity contribution in [1.29, 1.82) is 0 Å². The number of rotatable bonds is 1. The fraction of sp³-hybridized carbons (Fsp3) is 0.533. The van der Waals surface area contributed by atoms with Crippen LogP contribution in [0.5, 0.6) is 5.75 Å². The van der Waals surface area contributed by atoms with Crippen LogP contribution in [0, 0.1) is 5.92 Å². The van der Waals surface area contributed by atoms with Gasteiger partial charge in [0.25, 0.3) is 5.91 Å². The number of phenolic OH excluding ortho intramolecular Hbond substituents is 1. The molecule has 2 aliphatic rings. The van der Waals surface area contributed by atoms with E-state index in [1.54, 1.807) is 18.2 Å². The first-order chi connectivity index (χ1) is 9.16. The van der Waals surface area contributed by atoms with Gasteiger partial charge in [-0.3, -0.25) is 4.79 Å². The van der Waals surface area contributed by atoms with Gasteiger partial charge < -0.3 is 10.0 Å². The first-order valence-corrected chi connectivity index (χ1v) is 7.75. The van der Waals surface area contributed by atoms with Crippen LogP contribution in [0.15, 0.2) is 22.7 Å². The molecule has 0 aromatic heterocycles. The summed E-state index contributed by atoms with van der Waals surface area (Å²) in [5, 5.41) is 9.72. The Kier molecular flexibility index (Phi) is 3.52. The summed E-state index contributed by atoms with van der Waals surface area (Å²) in [7, 11) is 0. The van der Waals surface area contributed by atoms with E-state index in [0.717, 1.165) is 19.4 Å². The largest absolute Gasteiger partial charge is 0.507 e. The van der Waals surface area contributed by atoms with Gasteiger partial charge in [-0.15, -0.1) is 0 Å². The van der Waals surface area contributed by atoms with E-state index >= 15 is 0 Å². The number of halogens is 1. The number of likely N-dealkylation sites (tertiary alicyclic amines) is 1. The molecular weight excluding hydrogens is 306 g/mol. The Morgan fingerprint density at radius 3 is 2.84 bits per heavy atom. The first kappa shape index (κ1) is 13.0. The van der Waals surface area contributed by atoms with Crippen molar-refractivity contribution in [3.8, 4) is 5.75 Å². The van der Waals surface area contributed by atoms with Crippen molar-refractivity contribution in [2.45, 2.75) is 38.1 Å². The Hall–Kier alpha value is -1.03. The van der Waals surface area contributed by atoms with Crippen molar-refractivity contribution < 1.29 is 9.90 Å². The number of aromatic hydroxyl groups is 1. The molecule has 1 heterocycles. The molecular formula is C15H18BrNO2. The molecule has 1 N–H and O–H groups in total.